The Bertz CT molecular complexity index is 1720. The summed E-state index contributed by atoms with van der Waals surface area (Å²) in [7, 11) is 0. The normalized spacial score (nSPS) is 11.4. The zero-order chi connectivity index (χ0) is 24.6. The molecule has 3 N–H and O–H groups in total. The van der Waals surface area contributed by atoms with E-state index in [0.29, 0.717) is 40.1 Å². The molecule has 36 heavy (non-hydrogen) atoms. The molecule has 0 bridgehead atoms. The fraction of sp³-hybridized carbons (Fsp3) is 0.115. The highest BCUT2D eigenvalue weighted by atomic mass is 32.1. The van der Waals surface area contributed by atoms with Crippen LogP contribution in [0.15, 0.2) is 60.4 Å². The third-order valence-electron chi connectivity index (χ3n) is 5.84. The van der Waals surface area contributed by atoms with Crippen molar-refractivity contribution in [3.05, 3.63) is 66.2 Å². The van der Waals surface area contributed by atoms with Crippen LogP contribution in [0.3, 0.4) is 0 Å². The number of anilines is 1. The fourth-order valence-corrected chi connectivity index (χ4v) is 4.91. The Morgan fingerprint density at radius 1 is 1.14 bits per heavy atom. The van der Waals surface area contributed by atoms with Gasteiger partial charge in [-0.25, -0.2) is 9.37 Å². The SMILES string of the molecule is CCCC(=O)Nc1cncc(-c2cc(F)c3n[nH]c(-c4nc5c(-c6cccs6)nccc5[nH]4)c3c2)c1. The molecule has 0 atom stereocenters. The summed E-state index contributed by atoms with van der Waals surface area (Å²) in [5.41, 5.74) is 4.96. The van der Waals surface area contributed by atoms with Crippen LogP contribution in [0.5, 0.6) is 0 Å². The number of rotatable bonds is 6. The summed E-state index contributed by atoms with van der Waals surface area (Å²) in [6, 6.07) is 10.9. The Kier molecular flexibility index (Phi) is 5.49. The van der Waals surface area contributed by atoms with Gasteiger partial charge in [-0.3, -0.25) is 19.9 Å². The molecule has 0 aliphatic carbocycles. The van der Waals surface area contributed by atoms with E-state index in [1.54, 1.807) is 36.0 Å². The number of hydrogen-bond donors (Lipinski definition) is 3. The van der Waals surface area contributed by atoms with Crippen molar-refractivity contribution < 1.29 is 9.18 Å². The van der Waals surface area contributed by atoms with E-state index in [9.17, 15) is 4.79 Å². The van der Waals surface area contributed by atoms with Gasteiger partial charge in [0, 0.05) is 29.8 Å². The van der Waals surface area contributed by atoms with Gasteiger partial charge in [0.25, 0.3) is 0 Å². The van der Waals surface area contributed by atoms with E-state index < -0.39 is 5.82 Å². The zero-order valence-corrected chi connectivity index (χ0v) is 20.0. The molecule has 0 radical (unpaired) electrons. The van der Waals surface area contributed by atoms with E-state index in [4.69, 9.17) is 4.98 Å². The Balaban J connectivity index is 1.44. The van der Waals surface area contributed by atoms with E-state index in [0.717, 1.165) is 28.0 Å². The molecule has 0 fully saturated rings. The van der Waals surface area contributed by atoms with Crippen molar-refractivity contribution in [2.24, 2.45) is 0 Å². The average molecular weight is 498 g/mol. The number of amides is 1. The first-order valence-corrected chi connectivity index (χ1v) is 12.3. The van der Waals surface area contributed by atoms with Gasteiger partial charge in [0.2, 0.25) is 5.91 Å². The molecular formula is C26H20FN7OS. The highest BCUT2D eigenvalue weighted by molar-refractivity contribution is 7.13. The molecule has 6 aromatic rings. The molecule has 1 aromatic carbocycles. The molecule has 178 valence electrons. The van der Waals surface area contributed by atoms with Crippen molar-refractivity contribution in [2.45, 2.75) is 19.8 Å². The number of imidazole rings is 1. The highest BCUT2D eigenvalue weighted by Gasteiger charge is 2.18. The Labute approximate surface area is 208 Å². The molecule has 0 saturated carbocycles. The topological polar surface area (TPSA) is 112 Å². The molecule has 1 amide bonds. The fourth-order valence-electron chi connectivity index (χ4n) is 4.19. The van der Waals surface area contributed by atoms with Crippen LogP contribution in [0, 0.1) is 5.82 Å². The van der Waals surface area contributed by atoms with Crippen LogP contribution < -0.4 is 5.32 Å². The van der Waals surface area contributed by atoms with Gasteiger partial charge in [0.1, 0.15) is 22.4 Å². The molecule has 10 heteroatoms. The number of hydrogen-bond acceptors (Lipinski definition) is 6. The van der Waals surface area contributed by atoms with Crippen LogP contribution >= 0.6 is 11.3 Å². The van der Waals surface area contributed by atoms with E-state index in [1.807, 2.05) is 36.6 Å². The number of carbonyl (C=O) groups excluding carboxylic acids is 1. The van der Waals surface area contributed by atoms with Gasteiger partial charge in [0.15, 0.2) is 11.6 Å². The second-order valence-electron chi connectivity index (χ2n) is 8.33. The lowest BCUT2D eigenvalue weighted by Gasteiger charge is -2.07. The van der Waals surface area contributed by atoms with E-state index in [2.05, 4.69) is 30.5 Å². The maximum atomic E-state index is 15.1. The van der Waals surface area contributed by atoms with Gasteiger partial charge in [0.05, 0.1) is 22.3 Å². The lowest BCUT2D eigenvalue weighted by atomic mass is 10.0. The number of benzene rings is 1. The van der Waals surface area contributed by atoms with Crippen LogP contribution in [0.25, 0.3) is 55.2 Å². The summed E-state index contributed by atoms with van der Waals surface area (Å²) in [5, 5.41) is 12.6. The summed E-state index contributed by atoms with van der Waals surface area (Å²) in [5.74, 6) is -0.0208. The number of nitrogens with one attached hydrogen (secondary N) is 3. The minimum absolute atomic E-state index is 0.0866. The predicted octanol–water partition coefficient (Wildman–Crippen LogP) is 6.17. The van der Waals surface area contributed by atoms with Crippen molar-refractivity contribution in [1.29, 1.82) is 0 Å². The molecule has 8 nitrogen and oxygen atoms in total. The third kappa shape index (κ3) is 3.91. The minimum atomic E-state index is -0.470. The summed E-state index contributed by atoms with van der Waals surface area (Å²) < 4.78 is 15.1. The molecule has 0 spiro atoms. The molecule has 0 unspecified atom stereocenters. The number of thiophene rings is 1. The number of halogens is 1. The van der Waals surface area contributed by atoms with Crippen molar-refractivity contribution in [3.8, 4) is 33.2 Å². The lowest BCUT2D eigenvalue weighted by Crippen LogP contribution is -2.10. The highest BCUT2D eigenvalue weighted by Crippen LogP contribution is 2.34. The van der Waals surface area contributed by atoms with Crippen molar-refractivity contribution >= 4 is 44.9 Å². The molecule has 5 aromatic heterocycles. The minimum Gasteiger partial charge on any atom is -0.337 e. The second kappa shape index (κ2) is 8.97. The monoisotopic (exact) mass is 497 g/mol. The Morgan fingerprint density at radius 2 is 2.06 bits per heavy atom. The molecule has 0 aliphatic rings. The van der Waals surface area contributed by atoms with Gasteiger partial charge in [-0.1, -0.05) is 13.0 Å². The first-order chi connectivity index (χ1) is 17.6. The van der Waals surface area contributed by atoms with E-state index in [1.165, 1.54) is 6.07 Å². The molecule has 0 aliphatic heterocycles. The number of aromatic nitrogens is 6. The summed E-state index contributed by atoms with van der Waals surface area (Å²) in [6.07, 6.45) is 6.11. The third-order valence-corrected chi connectivity index (χ3v) is 6.71. The molecule has 6 rings (SSSR count). The van der Waals surface area contributed by atoms with Crippen LogP contribution in [-0.2, 0) is 4.79 Å². The first kappa shape index (κ1) is 22.1. The smallest absolute Gasteiger partial charge is 0.224 e. The number of fused-ring (bicyclic) bond motifs is 2. The van der Waals surface area contributed by atoms with E-state index in [-0.39, 0.29) is 11.4 Å². The predicted molar refractivity (Wildman–Crippen MR) is 139 cm³/mol. The number of nitrogens with zero attached hydrogens (tertiary/aromatic N) is 4. The van der Waals surface area contributed by atoms with E-state index >= 15 is 4.39 Å². The maximum Gasteiger partial charge on any atom is 0.224 e. The standard InChI is InChI=1S/C26H20FN7OS/c1-2-4-21(35)30-16-9-15(12-28-13-16)14-10-17-22(18(27)11-14)33-34-23(17)26-31-19-6-7-29-25(24(19)32-26)20-5-3-8-36-20/h3,5-13H,2,4H2,1H3,(H,30,35)(H,31,32)(H,33,34). The average Bonchev–Trinajstić information content (AvgIpc) is 3.63. The van der Waals surface area contributed by atoms with Gasteiger partial charge in [-0.2, -0.15) is 5.10 Å². The largest absolute Gasteiger partial charge is 0.337 e. The van der Waals surface area contributed by atoms with Crippen molar-refractivity contribution in [2.75, 3.05) is 5.32 Å². The van der Waals surface area contributed by atoms with Crippen molar-refractivity contribution in [3.63, 3.8) is 0 Å². The van der Waals surface area contributed by atoms with Crippen LogP contribution in [-0.4, -0.2) is 36.0 Å². The summed E-state index contributed by atoms with van der Waals surface area (Å²) in [4.78, 5) is 29.9. The molecular weight excluding hydrogens is 477 g/mol. The number of pyridine rings is 2. The lowest BCUT2D eigenvalue weighted by molar-refractivity contribution is -0.116. The summed E-state index contributed by atoms with van der Waals surface area (Å²) in [6.45, 7) is 1.94. The Morgan fingerprint density at radius 3 is 2.89 bits per heavy atom. The number of H-pyrrole nitrogens is 2. The quantitative estimate of drug-likeness (QED) is 0.255. The van der Waals surface area contributed by atoms with Gasteiger partial charge in [-0.15, -0.1) is 11.3 Å². The zero-order valence-electron chi connectivity index (χ0n) is 19.2. The second-order valence-corrected chi connectivity index (χ2v) is 9.28. The van der Waals surface area contributed by atoms with Gasteiger partial charge in [-0.05, 0) is 47.7 Å². The van der Waals surface area contributed by atoms with Gasteiger partial charge >= 0.3 is 0 Å². The summed E-state index contributed by atoms with van der Waals surface area (Å²) >= 11 is 1.59. The van der Waals surface area contributed by atoms with Crippen molar-refractivity contribution in [1.82, 2.24) is 30.1 Å². The van der Waals surface area contributed by atoms with Crippen LogP contribution in [0.1, 0.15) is 19.8 Å². The van der Waals surface area contributed by atoms with Crippen LogP contribution in [0.2, 0.25) is 0 Å². The number of carbonyl (C=O) groups is 1. The first-order valence-electron chi connectivity index (χ1n) is 11.4. The molecule has 0 saturated heterocycles. The Hall–Kier alpha value is -4.44. The number of aromatic amines is 2. The van der Waals surface area contributed by atoms with Crippen LogP contribution in [0.4, 0.5) is 10.1 Å². The van der Waals surface area contributed by atoms with Gasteiger partial charge < -0.3 is 10.3 Å². The molecule has 5 heterocycles. The maximum absolute atomic E-state index is 15.1.